The molecule has 1 aromatic carbocycles. The van der Waals surface area contributed by atoms with Gasteiger partial charge >= 0.3 is 0 Å². The van der Waals surface area contributed by atoms with Crippen molar-refractivity contribution in [3.8, 4) is 0 Å². The highest BCUT2D eigenvalue weighted by atomic mass is 16.2. The minimum Gasteiger partial charge on any atom is -0.368 e. The molecule has 24 heavy (non-hydrogen) atoms. The fraction of sp³-hybridized carbons (Fsp3) is 0.278. The van der Waals surface area contributed by atoms with E-state index in [1.54, 1.807) is 12.4 Å². The van der Waals surface area contributed by atoms with Gasteiger partial charge in [-0.3, -0.25) is 14.6 Å². The van der Waals surface area contributed by atoms with Gasteiger partial charge < -0.3 is 16.4 Å². The third kappa shape index (κ3) is 6.18. The van der Waals surface area contributed by atoms with Crippen molar-refractivity contribution in [2.75, 3.05) is 6.54 Å². The molecule has 0 spiro atoms. The number of nitrogens with two attached hydrogens (primary N) is 1. The van der Waals surface area contributed by atoms with Crippen molar-refractivity contribution < 1.29 is 9.59 Å². The molecule has 0 saturated heterocycles. The van der Waals surface area contributed by atoms with E-state index in [2.05, 4.69) is 15.6 Å². The number of amides is 2. The molecule has 6 heteroatoms. The molecule has 2 rings (SSSR count). The number of hydrogen-bond acceptors (Lipinski definition) is 4. The SMILES string of the molecule is NC(=O)[C@H](Cc1ccccc1)NC(=O)CCNCc1ccncc1. The summed E-state index contributed by atoms with van der Waals surface area (Å²) in [7, 11) is 0. The number of rotatable bonds is 9. The standard InChI is InChI=1S/C18H22N4O2/c19-18(24)16(12-14-4-2-1-3-5-14)22-17(23)8-11-21-13-15-6-9-20-10-7-15/h1-7,9-10,16,21H,8,11-13H2,(H2,19,24)(H,22,23)/t16-/m0/s1. The second kappa shape index (κ2) is 9.42. The Labute approximate surface area is 141 Å². The van der Waals surface area contributed by atoms with E-state index in [4.69, 9.17) is 5.73 Å². The minimum atomic E-state index is -0.694. The van der Waals surface area contributed by atoms with Crippen LogP contribution in [0.4, 0.5) is 0 Å². The van der Waals surface area contributed by atoms with E-state index in [9.17, 15) is 9.59 Å². The largest absolute Gasteiger partial charge is 0.368 e. The monoisotopic (exact) mass is 326 g/mol. The van der Waals surface area contributed by atoms with Gasteiger partial charge in [0.25, 0.3) is 0 Å². The number of carbonyl (C=O) groups is 2. The van der Waals surface area contributed by atoms with Crippen LogP contribution in [-0.4, -0.2) is 29.4 Å². The summed E-state index contributed by atoms with van der Waals surface area (Å²) in [5.74, 6) is -0.728. The molecule has 2 amide bonds. The van der Waals surface area contributed by atoms with Crippen LogP contribution < -0.4 is 16.4 Å². The Hall–Kier alpha value is -2.73. The van der Waals surface area contributed by atoms with Gasteiger partial charge in [0, 0.05) is 38.3 Å². The summed E-state index contributed by atoms with van der Waals surface area (Å²) < 4.78 is 0. The van der Waals surface area contributed by atoms with Crippen molar-refractivity contribution in [1.29, 1.82) is 0 Å². The van der Waals surface area contributed by atoms with Gasteiger partial charge in [-0.05, 0) is 23.3 Å². The molecular weight excluding hydrogens is 304 g/mol. The number of nitrogens with zero attached hydrogens (tertiary/aromatic N) is 1. The summed E-state index contributed by atoms with van der Waals surface area (Å²) >= 11 is 0. The molecular formula is C18H22N4O2. The van der Waals surface area contributed by atoms with Gasteiger partial charge in [0.1, 0.15) is 6.04 Å². The first-order chi connectivity index (χ1) is 11.6. The first kappa shape index (κ1) is 17.6. The average molecular weight is 326 g/mol. The highest BCUT2D eigenvalue weighted by molar-refractivity contribution is 5.86. The maximum atomic E-state index is 12.0. The quantitative estimate of drug-likeness (QED) is 0.593. The molecule has 0 radical (unpaired) electrons. The Kier molecular flexibility index (Phi) is 6.91. The Bertz CT molecular complexity index is 647. The topological polar surface area (TPSA) is 97.1 Å². The van der Waals surface area contributed by atoms with Gasteiger partial charge in [-0.1, -0.05) is 30.3 Å². The average Bonchev–Trinajstić information content (AvgIpc) is 2.60. The van der Waals surface area contributed by atoms with Gasteiger partial charge in [0.05, 0.1) is 0 Å². The lowest BCUT2D eigenvalue weighted by Gasteiger charge is -2.15. The number of pyridine rings is 1. The first-order valence-corrected chi connectivity index (χ1v) is 7.87. The highest BCUT2D eigenvalue weighted by Gasteiger charge is 2.18. The van der Waals surface area contributed by atoms with Crippen LogP contribution in [0.3, 0.4) is 0 Å². The van der Waals surface area contributed by atoms with Crippen LogP contribution in [0.15, 0.2) is 54.9 Å². The smallest absolute Gasteiger partial charge is 0.240 e. The molecule has 1 atom stereocenters. The van der Waals surface area contributed by atoms with E-state index < -0.39 is 11.9 Å². The molecule has 0 fully saturated rings. The van der Waals surface area contributed by atoms with E-state index in [1.807, 2.05) is 42.5 Å². The lowest BCUT2D eigenvalue weighted by atomic mass is 10.1. The number of carbonyl (C=O) groups excluding carboxylic acids is 2. The van der Waals surface area contributed by atoms with E-state index in [1.165, 1.54) is 0 Å². The molecule has 0 aliphatic rings. The van der Waals surface area contributed by atoms with Crippen LogP contribution in [0.25, 0.3) is 0 Å². The Morgan fingerprint density at radius 2 is 1.75 bits per heavy atom. The molecule has 0 aliphatic heterocycles. The van der Waals surface area contributed by atoms with E-state index in [0.717, 1.165) is 11.1 Å². The second-order valence-corrected chi connectivity index (χ2v) is 5.49. The van der Waals surface area contributed by atoms with Crippen LogP contribution in [0.1, 0.15) is 17.5 Å². The third-order valence-corrected chi connectivity index (χ3v) is 3.57. The summed E-state index contributed by atoms with van der Waals surface area (Å²) in [6, 6.07) is 12.6. The fourth-order valence-corrected chi connectivity index (χ4v) is 2.27. The van der Waals surface area contributed by atoms with E-state index >= 15 is 0 Å². The Morgan fingerprint density at radius 1 is 1.04 bits per heavy atom. The van der Waals surface area contributed by atoms with Crippen molar-refractivity contribution in [2.24, 2.45) is 5.73 Å². The number of nitrogens with one attached hydrogen (secondary N) is 2. The van der Waals surface area contributed by atoms with E-state index in [0.29, 0.717) is 19.5 Å². The summed E-state index contributed by atoms with van der Waals surface area (Å²) in [5, 5.41) is 5.88. The summed E-state index contributed by atoms with van der Waals surface area (Å²) in [6.45, 7) is 1.18. The van der Waals surface area contributed by atoms with Gasteiger partial charge in [0.2, 0.25) is 11.8 Å². The van der Waals surface area contributed by atoms with Crippen molar-refractivity contribution in [2.45, 2.75) is 25.4 Å². The normalized spacial score (nSPS) is 11.7. The van der Waals surface area contributed by atoms with Crippen LogP contribution in [-0.2, 0) is 22.6 Å². The molecule has 1 heterocycles. The van der Waals surface area contributed by atoms with Gasteiger partial charge in [0.15, 0.2) is 0 Å². The first-order valence-electron chi connectivity index (χ1n) is 7.87. The molecule has 0 aliphatic carbocycles. The lowest BCUT2D eigenvalue weighted by Crippen LogP contribution is -2.46. The maximum absolute atomic E-state index is 12.0. The number of benzene rings is 1. The number of primary amides is 1. The maximum Gasteiger partial charge on any atom is 0.240 e. The molecule has 2 aromatic rings. The highest BCUT2D eigenvalue weighted by Crippen LogP contribution is 2.03. The third-order valence-electron chi connectivity index (χ3n) is 3.57. The predicted octanol–water partition coefficient (Wildman–Crippen LogP) is 0.774. The summed E-state index contributed by atoms with van der Waals surface area (Å²) in [4.78, 5) is 27.5. The summed E-state index contributed by atoms with van der Waals surface area (Å²) in [6.07, 6.45) is 4.13. The molecule has 6 nitrogen and oxygen atoms in total. The van der Waals surface area contributed by atoms with Crippen LogP contribution in [0.5, 0.6) is 0 Å². The zero-order valence-corrected chi connectivity index (χ0v) is 13.4. The van der Waals surface area contributed by atoms with Gasteiger partial charge in [-0.15, -0.1) is 0 Å². The lowest BCUT2D eigenvalue weighted by molar-refractivity contribution is -0.127. The minimum absolute atomic E-state index is 0.197. The molecule has 126 valence electrons. The number of aromatic nitrogens is 1. The molecule has 0 bridgehead atoms. The molecule has 1 aromatic heterocycles. The zero-order chi connectivity index (χ0) is 17.2. The van der Waals surface area contributed by atoms with Crippen molar-refractivity contribution in [3.63, 3.8) is 0 Å². The van der Waals surface area contributed by atoms with Crippen LogP contribution >= 0.6 is 0 Å². The van der Waals surface area contributed by atoms with Crippen molar-refractivity contribution in [3.05, 3.63) is 66.0 Å². The molecule has 0 saturated carbocycles. The van der Waals surface area contributed by atoms with Crippen LogP contribution in [0, 0.1) is 0 Å². The van der Waals surface area contributed by atoms with Crippen molar-refractivity contribution >= 4 is 11.8 Å². The van der Waals surface area contributed by atoms with Crippen LogP contribution in [0.2, 0.25) is 0 Å². The zero-order valence-electron chi connectivity index (χ0n) is 13.4. The van der Waals surface area contributed by atoms with Gasteiger partial charge in [-0.2, -0.15) is 0 Å². The molecule has 4 N–H and O–H groups in total. The Balaban J connectivity index is 1.73. The summed E-state index contributed by atoms with van der Waals surface area (Å²) in [5.41, 5.74) is 7.45. The van der Waals surface area contributed by atoms with E-state index in [-0.39, 0.29) is 12.3 Å². The predicted molar refractivity (Wildman–Crippen MR) is 91.8 cm³/mol. The Morgan fingerprint density at radius 3 is 2.42 bits per heavy atom. The van der Waals surface area contributed by atoms with Crippen molar-refractivity contribution in [1.82, 2.24) is 15.6 Å². The molecule has 0 unspecified atom stereocenters. The fourth-order valence-electron chi connectivity index (χ4n) is 2.27. The second-order valence-electron chi connectivity index (χ2n) is 5.49. The number of hydrogen-bond donors (Lipinski definition) is 3. The van der Waals surface area contributed by atoms with Gasteiger partial charge in [-0.25, -0.2) is 0 Å².